The van der Waals surface area contributed by atoms with Gasteiger partial charge in [0.1, 0.15) is 5.75 Å². The lowest BCUT2D eigenvalue weighted by molar-refractivity contribution is 0.0145. The van der Waals surface area contributed by atoms with E-state index in [1.165, 1.54) is 18.2 Å². The van der Waals surface area contributed by atoms with E-state index in [2.05, 4.69) is 0 Å². The summed E-state index contributed by atoms with van der Waals surface area (Å²) in [7, 11) is 0. The van der Waals surface area contributed by atoms with Crippen molar-refractivity contribution in [2.75, 3.05) is 6.61 Å². The van der Waals surface area contributed by atoms with Gasteiger partial charge in [0.2, 0.25) is 0 Å². The normalized spacial score (nSPS) is 19.4. The lowest BCUT2D eigenvalue weighted by Crippen LogP contribution is -2.29. The number of hydrogen-bond donors (Lipinski definition) is 1. The molecule has 2 aromatic rings. The molecule has 1 aliphatic heterocycles. The molecule has 0 radical (unpaired) electrons. The van der Waals surface area contributed by atoms with Crippen molar-refractivity contribution in [3.8, 4) is 11.5 Å². The molecule has 1 aliphatic rings. The number of carbonyl (C=O) groups is 1. The zero-order valence-electron chi connectivity index (χ0n) is 12.6. The first-order valence-electron chi connectivity index (χ1n) is 7.14. The molecule has 0 fully saturated rings. The summed E-state index contributed by atoms with van der Waals surface area (Å²) in [5, 5.41) is 11.0. The maximum atomic E-state index is 12.4. The van der Waals surface area contributed by atoms with Crippen LogP contribution in [0.2, 0.25) is 15.1 Å². The summed E-state index contributed by atoms with van der Waals surface area (Å²) >= 11 is 17.9. The SMILES string of the molecule is CC1(O)CCOc2cc(C(=O)Oc3c(Cl)cc(Cl)cc3Cl)ccc21. The van der Waals surface area contributed by atoms with Crippen molar-refractivity contribution in [2.24, 2.45) is 0 Å². The molecule has 4 nitrogen and oxygen atoms in total. The van der Waals surface area contributed by atoms with Crippen molar-refractivity contribution in [1.29, 1.82) is 0 Å². The van der Waals surface area contributed by atoms with E-state index in [1.54, 1.807) is 19.1 Å². The second kappa shape index (κ2) is 6.45. The van der Waals surface area contributed by atoms with Crippen LogP contribution in [0.5, 0.6) is 11.5 Å². The van der Waals surface area contributed by atoms with E-state index in [4.69, 9.17) is 44.3 Å². The molecule has 0 saturated carbocycles. The molecule has 1 heterocycles. The maximum absolute atomic E-state index is 12.4. The smallest absolute Gasteiger partial charge is 0.343 e. The van der Waals surface area contributed by atoms with Crippen LogP contribution in [0, 0.1) is 0 Å². The summed E-state index contributed by atoms with van der Waals surface area (Å²) in [5.74, 6) is -0.148. The van der Waals surface area contributed by atoms with Gasteiger partial charge < -0.3 is 14.6 Å². The molecule has 2 aromatic carbocycles. The van der Waals surface area contributed by atoms with Gasteiger partial charge in [-0.3, -0.25) is 0 Å². The summed E-state index contributed by atoms with van der Waals surface area (Å²) in [6.45, 7) is 2.08. The van der Waals surface area contributed by atoms with Crippen LogP contribution in [0.1, 0.15) is 29.3 Å². The molecule has 1 unspecified atom stereocenters. The maximum Gasteiger partial charge on any atom is 0.343 e. The van der Waals surface area contributed by atoms with Crippen molar-refractivity contribution in [2.45, 2.75) is 18.9 Å². The first kappa shape index (κ1) is 17.4. The van der Waals surface area contributed by atoms with E-state index in [-0.39, 0.29) is 21.4 Å². The predicted molar refractivity (Wildman–Crippen MR) is 92.6 cm³/mol. The average Bonchev–Trinajstić information content (AvgIpc) is 2.50. The van der Waals surface area contributed by atoms with Gasteiger partial charge >= 0.3 is 5.97 Å². The summed E-state index contributed by atoms with van der Waals surface area (Å²) < 4.78 is 10.8. The molecule has 0 aliphatic carbocycles. The molecule has 24 heavy (non-hydrogen) atoms. The highest BCUT2D eigenvalue weighted by molar-refractivity contribution is 6.40. The Hall–Kier alpha value is -1.46. The van der Waals surface area contributed by atoms with E-state index >= 15 is 0 Å². The van der Waals surface area contributed by atoms with Gasteiger partial charge in [0.15, 0.2) is 5.75 Å². The number of halogens is 3. The highest BCUT2D eigenvalue weighted by Gasteiger charge is 2.31. The summed E-state index contributed by atoms with van der Waals surface area (Å²) in [6, 6.07) is 7.61. The fourth-order valence-electron chi connectivity index (χ4n) is 2.49. The second-order valence-electron chi connectivity index (χ2n) is 5.67. The van der Waals surface area contributed by atoms with Crippen molar-refractivity contribution in [3.05, 3.63) is 56.5 Å². The van der Waals surface area contributed by atoms with Crippen LogP contribution in [0.4, 0.5) is 0 Å². The highest BCUT2D eigenvalue weighted by Crippen LogP contribution is 2.38. The Balaban J connectivity index is 1.89. The van der Waals surface area contributed by atoms with Gasteiger partial charge in [0.25, 0.3) is 0 Å². The average molecular weight is 388 g/mol. The number of aliphatic hydroxyl groups is 1. The van der Waals surface area contributed by atoms with Gasteiger partial charge in [0, 0.05) is 17.0 Å². The van der Waals surface area contributed by atoms with E-state index in [0.29, 0.717) is 29.4 Å². The van der Waals surface area contributed by atoms with E-state index in [9.17, 15) is 9.90 Å². The monoisotopic (exact) mass is 386 g/mol. The second-order valence-corrected chi connectivity index (χ2v) is 6.92. The third kappa shape index (κ3) is 3.33. The van der Waals surface area contributed by atoms with Crippen molar-refractivity contribution >= 4 is 40.8 Å². The lowest BCUT2D eigenvalue weighted by Gasteiger charge is -2.31. The molecule has 1 atom stereocenters. The highest BCUT2D eigenvalue weighted by atomic mass is 35.5. The fraction of sp³-hybridized carbons (Fsp3) is 0.235. The zero-order valence-corrected chi connectivity index (χ0v) is 14.9. The minimum atomic E-state index is -0.987. The van der Waals surface area contributed by atoms with Crippen molar-refractivity contribution in [3.63, 3.8) is 0 Å². The molecule has 0 bridgehead atoms. The largest absolute Gasteiger partial charge is 0.493 e. The van der Waals surface area contributed by atoms with Gasteiger partial charge in [0.05, 0.1) is 27.8 Å². The minimum absolute atomic E-state index is 0.0402. The molecule has 3 rings (SSSR count). The Bertz CT molecular complexity index is 794. The number of fused-ring (bicyclic) bond motifs is 1. The van der Waals surface area contributed by atoms with Crippen LogP contribution < -0.4 is 9.47 Å². The standard InChI is InChI=1S/C17H13Cl3O4/c1-17(22)4-5-23-14-6-9(2-3-11(14)17)16(21)24-15-12(19)7-10(18)8-13(15)20/h2-3,6-8,22H,4-5H2,1H3. The minimum Gasteiger partial charge on any atom is -0.493 e. The number of rotatable bonds is 2. The van der Waals surface area contributed by atoms with Crippen molar-refractivity contribution < 1.29 is 19.4 Å². The number of hydrogen-bond acceptors (Lipinski definition) is 4. The van der Waals surface area contributed by atoms with E-state index in [1.807, 2.05) is 0 Å². The molecule has 1 N–H and O–H groups in total. The Kier molecular flexibility index (Phi) is 4.67. The zero-order chi connectivity index (χ0) is 17.5. The number of carbonyl (C=O) groups excluding carboxylic acids is 1. The molecule has 7 heteroatoms. The number of esters is 1. The molecular weight excluding hydrogens is 375 g/mol. The van der Waals surface area contributed by atoms with Crippen LogP contribution in [0.15, 0.2) is 30.3 Å². The number of ether oxygens (including phenoxy) is 2. The molecule has 0 saturated heterocycles. The van der Waals surface area contributed by atoms with Crippen molar-refractivity contribution in [1.82, 2.24) is 0 Å². The quantitative estimate of drug-likeness (QED) is 0.591. The van der Waals surface area contributed by atoms with Gasteiger partial charge in [-0.2, -0.15) is 0 Å². The third-order valence-electron chi connectivity index (χ3n) is 3.80. The van der Waals surface area contributed by atoms with Crippen LogP contribution in [-0.2, 0) is 5.60 Å². The fourth-order valence-corrected chi connectivity index (χ4v) is 3.38. The molecule has 126 valence electrons. The predicted octanol–water partition coefficient (Wildman–Crippen LogP) is 4.86. The van der Waals surface area contributed by atoms with Crippen LogP contribution in [0.3, 0.4) is 0 Å². The first-order valence-corrected chi connectivity index (χ1v) is 8.28. The van der Waals surface area contributed by atoms with Gasteiger partial charge in [-0.05, 0) is 31.2 Å². The van der Waals surface area contributed by atoms with Gasteiger partial charge in [-0.15, -0.1) is 0 Å². The Labute approximate surface area is 153 Å². The molecule has 0 spiro atoms. The van der Waals surface area contributed by atoms with Crippen LogP contribution in [-0.4, -0.2) is 17.7 Å². The van der Waals surface area contributed by atoms with Crippen LogP contribution in [0.25, 0.3) is 0 Å². The first-order chi connectivity index (χ1) is 11.3. The third-order valence-corrected chi connectivity index (χ3v) is 4.58. The summed E-state index contributed by atoms with van der Waals surface area (Å²) in [6.07, 6.45) is 0.486. The Morgan fingerprint density at radius 2 is 1.88 bits per heavy atom. The Morgan fingerprint density at radius 3 is 2.54 bits per heavy atom. The number of benzene rings is 2. The van der Waals surface area contributed by atoms with E-state index in [0.717, 1.165) is 0 Å². The van der Waals surface area contributed by atoms with Crippen LogP contribution >= 0.6 is 34.8 Å². The van der Waals surface area contributed by atoms with Gasteiger partial charge in [-0.1, -0.05) is 40.9 Å². The topological polar surface area (TPSA) is 55.8 Å². The summed E-state index contributed by atoms with van der Waals surface area (Å²) in [5.41, 5.74) is -0.0971. The molecule has 0 amide bonds. The molecular formula is C17H13Cl3O4. The lowest BCUT2D eigenvalue weighted by atomic mass is 9.89. The van der Waals surface area contributed by atoms with Gasteiger partial charge in [-0.25, -0.2) is 4.79 Å². The Morgan fingerprint density at radius 1 is 1.21 bits per heavy atom. The molecule has 0 aromatic heterocycles. The summed E-state index contributed by atoms with van der Waals surface area (Å²) in [4.78, 5) is 12.4. The van der Waals surface area contributed by atoms with E-state index < -0.39 is 11.6 Å².